The summed E-state index contributed by atoms with van der Waals surface area (Å²) in [4.78, 5) is 11.8. The second-order valence-corrected chi connectivity index (χ2v) is 15.5. The standard InChI is InChI=1S/C29H40O3Si/c1-27(2,3)33(24-14-10-8-11-15-24,25-16-12-9-13-17-25)32-22-23-18-20-29(6,28(23,4)5)21-19-26(30)31-7/h8-17,19,21,23H,18,20,22H2,1-7H3/t23-,29+/m0/s1. The zero-order valence-corrected chi connectivity index (χ0v) is 22.4. The van der Waals surface area contributed by atoms with Crippen molar-refractivity contribution < 1.29 is 14.0 Å². The minimum Gasteiger partial charge on any atom is -0.466 e. The van der Waals surface area contributed by atoms with Crippen LogP contribution in [-0.2, 0) is 14.0 Å². The molecule has 0 saturated heterocycles. The van der Waals surface area contributed by atoms with E-state index in [0.29, 0.717) is 12.5 Å². The smallest absolute Gasteiger partial charge is 0.330 e. The van der Waals surface area contributed by atoms with E-state index in [4.69, 9.17) is 9.16 Å². The third kappa shape index (κ3) is 4.74. The van der Waals surface area contributed by atoms with Gasteiger partial charge in [0, 0.05) is 12.7 Å². The first-order chi connectivity index (χ1) is 15.5. The number of carbonyl (C=O) groups excluding carboxylic acids is 1. The molecule has 0 unspecified atom stereocenters. The Bertz CT molecular complexity index is 920. The average molecular weight is 465 g/mol. The van der Waals surface area contributed by atoms with E-state index in [1.165, 1.54) is 17.5 Å². The molecule has 1 aliphatic rings. The molecule has 3 rings (SSSR count). The van der Waals surface area contributed by atoms with Crippen LogP contribution in [0.15, 0.2) is 72.8 Å². The van der Waals surface area contributed by atoms with Gasteiger partial charge in [0.15, 0.2) is 0 Å². The summed E-state index contributed by atoms with van der Waals surface area (Å²) in [6, 6.07) is 21.6. The molecule has 0 N–H and O–H groups in total. The van der Waals surface area contributed by atoms with Crippen molar-refractivity contribution in [2.45, 2.75) is 59.4 Å². The molecule has 1 saturated carbocycles. The maximum Gasteiger partial charge on any atom is 0.330 e. The monoisotopic (exact) mass is 464 g/mol. The molecular weight excluding hydrogens is 424 g/mol. The SMILES string of the molecule is COC(=O)C=C[C@@]1(C)CC[C@@H](CO[Si](c2ccccc2)(c2ccccc2)C(C)(C)C)C1(C)C. The van der Waals surface area contributed by atoms with Gasteiger partial charge < -0.3 is 9.16 Å². The molecule has 1 fully saturated rings. The summed E-state index contributed by atoms with van der Waals surface area (Å²) >= 11 is 0. The first-order valence-electron chi connectivity index (χ1n) is 12.0. The Morgan fingerprint density at radius 2 is 1.52 bits per heavy atom. The molecule has 0 aliphatic heterocycles. The van der Waals surface area contributed by atoms with E-state index in [1.807, 2.05) is 0 Å². The predicted molar refractivity (Wildman–Crippen MR) is 139 cm³/mol. The molecule has 2 aromatic carbocycles. The van der Waals surface area contributed by atoms with Crippen LogP contribution in [0.4, 0.5) is 0 Å². The van der Waals surface area contributed by atoms with Crippen molar-refractivity contribution in [2.75, 3.05) is 13.7 Å². The Kier molecular flexibility index (Phi) is 7.40. The van der Waals surface area contributed by atoms with E-state index in [9.17, 15) is 4.79 Å². The highest BCUT2D eigenvalue weighted by Gasteiger charge is 2.54. The Morgan fingerprint density at radius 3 is 1.97 bits per heavy atom. The van der Waals surface area contributed by atoms with Gasteiger partial charge in [-0.3, -0.25) is 0 Å². The molecule has 2 atom stereocenters. The molecule has 33 heavy (non-hydrogen) atoms. The third-order valence-corrected chi connectivity index (χ3v) is 13.2. The van der Waals surface area contributed by atoms with Crippen molar-refractivity contribution in [2.24, 2.45) is 16.7 Å². The summed E-state index contributed by atoms with van der Waals surface area (Å²) in [7, 11) is -1.13. The van der Waals surface area contributed by atoms with Crippen LogP contribution >= 0.6 is 0 Å². The second-order valence-electron chi connectivity index (χ2n) is 11.2. The van der Waals surface area contributed by atoms with E-state index in [1.54, 1.807) is 6.08 Å². The summed E-state index contributed by atoms with van der Waals surface area (Å²) in [6.45, 7) is 14.6. The van der Waals surface area contributed by atoms with Crippen molar-refractivity contribution in [1.82, 2.24) is 0 Å². The Hall–Kier alpha value is -2.17. The largest absolute Gasteiger partial charge is 0.466 e. The number of benzene rings is 2. The Morgan fingerprint density at radius 1 is 1.00 bits per heavy atom. The molecule has 178 valence electrons. The number of methoxy groups -OCH3 is 1. The fourth-order valence-electron chi connectivity index (χ4n) is 5.52. The van der Waals surface area contributed by atoms with E-state index in [0.717, 1.165) is 12.8 Å². The molecule has 0 heterocycles. The van der Waals surface area contributed by atoms with Gasteiger partial charge in [-0.1, -0.05) is 108 Å². The normalized spacial score (nSPS) is 23.1. The zero-order chi connectivity index (χ0) is 24.3. The highest BCUT2D eigenvalue weighted by Crippen LogP contribution is 2.57. The van der Waals surface area contributed by atoms with Gasteiger partial charge in [0.1, 0.15) is 0 Å². The molecule has 0 bridgehead atoms. The van der Waals surface area contributed by atoms with Gasteiger partial charge in [-0.15, -0.1) is 0 Å². The van der Waals surface area contributed by atoms with Crippen molar-refractivity contribution in [3.8, 4) is 0 Å². The van der Waals surface area contributed by atoms with Crippen molar-refractivity contribution in [3.05, 3.63) is 72.8 Å². The van der Waals surface area contributed by atoms with Gasteiger partial charge in [0.05, 0.1) is 7.11 Å². The summed E-state index contributed by atoms with van der Waals surface area (Å²) in [6.07, 6.45) is 5.75. The first kappa shape index (κ1) is 25.4. The Labute approximate surface area is 201 Å². The van der Waals surface area contributed by atoms with Crippen LogP contribution in [0.1, 0.15) is 54.4 Å². The number of ether oxygens (including phenoxy) is 1. The fourth-order valence-corrected chi connectivity index (χ4v) is 10.1. The number of carbonyl (C=O) groups is 1. The Balaban J connectivity index is 1.97. The lowest BCUT2D eigenvalue weighted by molar-refractivity contribution is -0.134. The molecule has 4 heteroatoms. The lowest BCUT2D eigenvalue weighted by atomic mass is 9.66. The molecular formula is C29H40O3Si. The number of hydrogen-bond acceptors (Lipinski definition) is 3. The number of esters is 1. The van der Waals surface area contributed by atoms with Crippen LogP contribution in [0, 0.1) is 16.7 Å². The van der Waals surface area contributed by atoms with Crippen LogP contribution in [0.2, 0.25) is 5.04 Å². The fraction of sp³-hybridized carbons (Fsp3) is 0.483. The highest BCUT2D eigenvalue weighted by atomic mass is 28.4. The lowest BCUT2D eigenvalue weighted by Crippen LogP contribution is -2.67. The summed E-state index contributed by atoms with van der Waals surface area (Å²) in [5, 5.41) is 2.59. The molecule has 0 amide bonds. The highest BCUT2D eigenvalue weighted by molar-refractivity contribution is 6.99. The predicted octanol–water partition coefficient (Wildman–Crippen LogP) is 5.73. The second kappa shape index (κ2) is 9.59. The number of allylic oxidation sites excluding steroid dienone is 1. The maximum atomic E-state index is 11.8. The van der Waals surface area contributed by atoms with Gasteiger partial charge in [0.2, 0.25) is 0 Å². The number of rotatable bonds is 7. The molecule has 0 spiro atoms. The average Bonchev–Trinajstić information content (AvgIpc) is 3.02. The topological polar surface area (TPSA) is 35.5 Å². The van der Waals surface area contributed by atoms with Crippen LogP contribution < -0.4 is 10.4 Å². The van der Waals surface area contributed by atoms with Crippen molar-refractivity contribution in [3.63, 3.8) is 0 Å². The van der Waals surface area contributed by atoms with E-state index in [2.05, 4.69) is 108 Å². The molecule has 0 aromatic heterocycles. The van der Waals surface area contributed by atoms with Gasteiger partial charge in [0.25, 0.3) is 8.32 Å². The maximum absolute atomic E-state index is 11.8. The first-order valence-corrected chi connectivity index (χ1v) is 13.9. The zero-order valence-electron chi connectivity index (χ0n) is 21.4. The van der Waals surface area contributed by atoms with Gasteiger partial charge >= 0.3 is 5.97 Å². The molecule has 1 aliphatic carbocycles. The van der Waals surface area contributed by atoms with Crippen LogP contribution in [-0.4, -0.2) is 28.0 Å². The van der Waals surface area contributed by atoms with Gasteiger partial charge in [-0.2, -0.15) is 0 Å². The molecule has 3 nitrogen and oxygen atoms in total. The molecule has 0 radical (unpaired) electrons. The summed E-state index contributed by atoms with van der Waals surface area (Å²) in [5.41, 5.74) is -0.0937. The number of hydrogen-bond donors (Lipinski definition) is 0. The van der Waals surface area contributed by atoms with Crippen LogP contribution in [0.3, 0.4) is 0 Å². The van der Waals surface area contributed by atoms with Gasteiger partial charge in [-0.05, 0) is 45.0 Å². The lowest BCUT2D eigenvalue weighted by Gasteiger charge is -2.45. The van der Waals surface area contributed by atoms with Crippen LogP contribution in [0.25, 0.3) is 0 Å². The minimum absolute atomic E-state index is 0.0110. The van der Waals surface area contributed by atoms with E-state index in [-0.39, 0.29) is 21.8 Å². The van der Waals surface area contributed by atoms with E-state index >= 15 is 0 Å². The van der Waals surface area contributed by atoms with Crippen molar-refractivity contribution in [1.29, 1.82) is 0 Å². The molecule has 2 aromatic rings. The third-order valence-electron chi connectivity index (χ3n) is 8.21. The summed E-state index contributed by atoms with van der Waals surface area (Å²) in [5.74, 6) is 0.102. The minimum atomic E-state index is -2.56. The summed E-state index contributed by atoms with van der Waals surface area (Å²) < 4.78 is 12.1. The van der Waals surface area contributed by atoms with Crippen molar-refractivity contribution >= 4 is 24.7 Å². The quantitative estimate of drug-likeness (QED) is 0.298. The van der Waals surface area contributed by atoms with Gasteiger partial charge in [-0.25, -0.2) is 4.79 Å². The van der Waals surface area contributed by atoms with E-state index < -0.39 is 8.32 Å². The van der Waals surface area contributed by atoms with Crippen LogP contribution in [0.5, 0.6) is 0 Å².